The molecule has 92 valence electrons. The minimum Gasteiger partial charge on any atom is -0.453 e. The number of alkyl carbamates (subject to hydrolysis) is 1. The van der Waals surface area contributed by atoms with Crippen molar-refractivity contribution in [2.24, 2.45) is 0 Å². The van der Waals surface area contributed by atoms with Crippen molar-refractivity contribution in [2.75, 3.05) is 7.11 Å². The molecule has 2 rings (SSSR count). The van der Waals surface area contributed by atoms with Crippen molar-refractivity contribution >= 4 is 23.3 Å². The lowest BCUT2D eigenvalue weighted by atomic mass is 10.2. The van der Waals surface area contributed by atoms with E-state index in [4.69, 9.17) is 0 Å². The summed E-state index contributed by atoms with van der Waals surface area (Å²) < 4.78 is 4.33. The average molecular weight is 263 g/mol. The van der Waals surface area contributed by atoms with Gasteiger partial charge in [0, 0.05) is 23.3 Å². The maximum Gasteiger partial charge on any atom is 0.413 e. The van der Waals surface area contributed by atoms with E-state index in [1.807, 2.05) is 5.32 Å². The molecule has 0 aliphatic carbocycles. The fraction of sp³-hybridized carbons (Fsp3) is 0.0909. The van der Waals surface area contributed by atoms with Crippen LogP contribution in [0.4, 0.5) is 4.79 Å². The highest BCUT2D eigenvalue weighted by molar-refractivity contribution is 7.12. The molecule has 0 saturated heterocycles. The number of pyridine rings is 1. The summed E-state index contributed by atoms with van der Waals surface area (Å²) in [6.07, 6.45) is 2.48. The van der Waals surface area contributed by atoms with E-state index in [1.165, 1.54) is 7.11 Å². The Kier molecular flexibility index (Phi) is 3.63. The van der Waals surface area contributed by atoms with Gasteiger partial charge in [-0.2, -0.15) is 0 Å². The number of thiazole rings is 1. The van der Waals surface area contributed by atoms with Gasteiger partial charge in [0.15, 0.2) is 5.01 Å². The lowest BCUT2D eigenvalue weighted by molar-refractivity contribution is 0.0936. The van der Waals surface area contributed by atoms with Crippen LogP contribution in [0, 0.1) is 0 Å². The van der Waals surface area contributed by atoms with Gasteiger partial charge in [-0.15, -0.1) is 11.3 Å². The molecule has 18 heavy (non-hydrogen) atoms. The van der Waals surface area contributed by atoms with E-state index in [2.05, 4.69) is 14.7 Å². The predicted octanol–water partition coefficient (Wildman–Crippen LogP) is 1.70. The van der Waals surface area contributed by atoms with Crippen LogP contribution in [-0.2, 0) is 4.74 Å². The lowest BCUT2D eigenvalue weighted by Crippen LogP contribution is -2.30. The minimum atomic E-state index is -0.805. The SMILES string of the molecule is COC(=O)NC(=O)c1nc(-c2ccncc2)cs1. The first-order chi connectivity index (χ1) is 8.70. The van der Waals surface area contributed by atoms with Crippen LogP contribution in [-0.4, -0.2) is 29.1 Å². The number of rotatable bonds is 2. The number of carbonyl (C=O) groups excluding carboxylic acids is 2. The molecule has 0 radical (unpaired) electrons. The quantitative estimate of drug-likeness (QED) is 0.891. The van der Waals surface area contributed by atoms with Crippen LogP contribution in [0.2, 0.25) is 0 Å². The van der Waals surface area contributed by atoms with E-state index in [1.54, 1.807) is 29.9 Å². The number of methoxy groups -OCH3 is 1. The van der Waals surface area contributed by atoms with Crippen LogP contribution < -0.4 is 5.32 Å². The van der Waals surface area contributed by atoms with Gasteiger partial charge in [0.05, 0.1) is 12.8 Å². The van der Waals surface area contributed by atoms with Crippen LogP contribution in [0.3, 0.4) is 0 Å². The van der Waals surface area contributed by atoms with Gasteiger partial charge in [-0.3, -0.25) is 15.1 Å². The van der Waals surface area contributed by atoms with Crippen molar-refractivity contribution in [3.63, 3.8) is 0 Å². The van der Waals surface area contributed by atoms with Gasteiger partial charge in [0.25, 0.3) is 5.91 Å². The van der Waals surface area contributed by atoms with Gasteiger partial charge < -0.3 is 4.74 Å². The number of hydrogen-bond acceptors (Lipinski definition) is 6. The van der Waals surface area contributed by atoms with Gasteiger partial charge in [-0.05, 0) is 12.1 Å². The van der Waals surface area contributed by atoms with E-state index in [0.29, 0.717) is 5.69 Å². The van der Waals surface area contributed by atoms with E-state index < -0.39 is 12.0 Å². The molecule has 0 aliphatic rings. The molecule has 0 bridgehead atoms. The number of ether oxygens (including phenoxy) is 1. The van der Waals surface area contributed by atoms with Crippen molar-refractivity contribution in [3.05, 3.63) is 34.9 Å². The van der Waals surface area contributed by atoms with Crippen LogP contribution in [0.25, 0.3) is 11.3 Å². The van der Waals surface area contributed by atoms with Crippen LogP contribution in [0.5, 0.6) is 0 Å². The molecule has 0 spiro atoms. The van der Waals surface area contributed by atoms with Crippen molar-refractivity contribution in [1.29, 1.82) is 0 Å². The zero-order chi connectivity index (χ0) is 13.0. The number of hydrogen-bond donors (Lipinski definition) is 1. The van der Waals surface area contributed by atoms with Crippen molar-refractivity contribution < 1.29 is 14.3 Å². The van der Waals surface area contributed by atoms with Gasteiger partial charge in [0.1, 0.15) is 0 Å². The summed E-state index contributed by atoms with van der Waals surface area (Å²) in [4.78, 5) is 30.5. The highest BCUT2D eigenvalue weighted by atomic mass is 32.1. The molecule has 0 unspecified atom stereocenters. The minimum absolute atomic E-state index is 0.201. The molecular weight excluding hydrogens is 254 g/mol. The molecule has 0 fully saturated rings. The summed E-state index contributed by atoms with van der Waals surface area (Å²) in [5.41, 5.74) is 1.52. The number of imide groups is 1. The largest absolute Gasteiger partial charge is 0.453 e. The number of amides is 2. The second kappa shape index (κ2) is 5.37. The third-order valence-electron chi connectivity index (χ3n) is 2.08. The van der Waals surface area contributed by atoms with Gasteiger partial charge in [-0.25, -0.2) is 9.78 Å². The highest BCUT2D eigenvalue weighted by Crippen LogP contribution is 2.20. The number of nitrogens with one attached hydrogen (secondary N) is 1. The zero-order valence-corrected chi connectivity index (χ0v) is 10.2. The Labute approximate surface area is 107 Å². The van der Waals surface area contributed by atoms with Crippen molar-refractivity contribution in [3.8, 4) is 11.3 Å². The number of carbonyl (C=O) groups is 2. The summed E-state index contributed by atoms with van der Waals surface area (Å²) in [5, 5.41) is 3.98. The van der Waals surface area contributed by atoms with E-state index in [-0.39, 0.29) is 5.01 Å². The van der Waals surface area contributed by atoms with Crippen molar-refractivity contribution in [2.45, 2.75) is 0 Å². The Morgan fingerprint density at radius 2 is 2.06 bits per heavy atom. The van der Waals surface area contributed by atoms with Crippen LogP contribution in [0.15, 0.2) is 29.9 Å². The summed E-state index contributed by atoms with van der Waals surface area (Å²) >= 11 is 1.15. The fourth-order valence-corrected chi connectivity index (χ4v) is 1.95. The Balaban J connectivity index is 2.16. The smallest absolute Gasteiger partial charge is 0.413 e. The lowest BCUT2D eigenvalue weighted by Gasteiger charge is -1.98. The first kappa shape index (κ1) is 12.2. The molecule has 7 heteroatoms. The second-order valence-corrected chi connectivity index (χ2v) is 4.08. The normalized spacial score (nSPS) is 9.83. The highest BCUT2D eigenvalue weighted by Gasteiger charge is 2.14. The van der Waals surface area contributed by atoms with E-state index >= 15 is 0 Å². The molecule has 6 nitrogen and oxygen atoms in total. The molecule has 2 aromatic heterocycles. The molecular formula is C11H9N3O3S. The predicted molar refractivity (Wildman–Crippen MR) is 65.2 cm³/mol. The van der Waals surface area contributed by atoms with Gasteiger partial charge in [0.2, 0.25) is 0 Å². The summed E-state index contributed by atoms with van der Waals surface area (Å²) in [5.74, 6) is -0.577. The van der Waals surface area contributed by atoms with Gasteiger partial charge in [-0.1, -0.05) is 0 Å². The van der Waals surface area contributed by atoms with Crippen molar-refractivity contribution in [1.82, 2.24) is 15.3 Å². The summed E-state index contributed by atoms with van der Waals surface area (Å²) in [7, 11) is 1.19. The first-order valence-corrected chi connectivity index (χ1v) is 5.84. The molecule has 0 atom stereocenters. The molecule has 1 N–H and O–H groups in total. The zero-order valence-electron chi connectivity index (χ0n) is 9.41. The summed E-state index contributed by atoms with van der Waals surface area (Å²) in [6, 6.07) is 3.58. The Morgan fingerprint density at radius 3 is 2.72 bits per heavy atom. The molecule has 0 saturated carbocycles. The molecule has 2 aromatic rings. The third-order valence-corrected chi connectivity index (χ3v) is 2.92. The molecule has 0 aromatic carbocycles. The number of aromatic nitrogens is 2. The second-order valence-electron chi connectivity index (χ2n) is 3.22. The first-order valence-electron chi connectivity index (χ1n) is 4.96. The maximum atomic E-state index is 11.6. The molecule has 2 heterocycles. The maximum absolute atomic E-state index is 11.6. The fourth-order valence-electron chi connectivity index (χ4n) is 1.23. The Bertz CT molecular complexity index is 568. The standard InChI is InChI=1S/C11H9N3O3S/c1-17-11(16)14-9(15)10-13-8(6-18-10)7-2-4-12-5-3-7/h2-6H,1H3,(H,14,15,16). The Hall–Kier alpha value is -2.28. The van der Waals surface area contributed by atoms with E-state index in [9.17, 15) is 9.59 Å². The van der Waals surface area contributed by atoms with Crippen LogP contribution in [0.1, 0.15) is 9.80 Å². The van der Waals surface area contributed by atoms with Crippen LogP contribution >= 0.6 is 11.3 Å². The van der Waals surface area contributed by atoms with Gasteiger partial charge >= 0.3 is 6.09 Å². The monoisotopic (exact) mass is 263 g/mol. The van der Waals surface area contributed by atoms with E-state index in [0.717, 1.165) is 16.9 Å². The topological polar surface area (TPSA) is 81.2 Å². The average Bonchev–Trinajstić information content (AvgIpc) is 2.89. The molecule has 0 aliphatic heterocycles. The Morgan fingerprint density at radius 1 is 1.33 bits per heavy atom. The number of nitrogens with zero attached hydrogens (tertiary/aromatic N) is 2. The molecule has 2 amide bonds. The summed E-state index contributed by atoms with van der Waals surface area (Å²) in [6.45, 7) is 0. The third kappa shape index (κ3) is 2.69.